The van der Waals surface area contributed by atoms with E-state index in [2.05, 4.69) is 26.6 Å². The third-order valence-electron chi connectivity index (χ3n) is 8.51. The van der Waals surface area contributed by atoms with Crippen LogP contribution in [0.1, 0.15) is 58.2 Å². The molecule has 59 heavy (non-hydrogen) atoms. The number of nitrogens with one attached hydrogen (secondary N) is 5. The summed E-state index contributed by atoms with van der Waals surface area (Å²) >= 11 is 0. The second-order valence-electron chi connectivity index (χ2n) is 12.3. The molecule has 0 spiro atoms. The average Bonchev–Trinajstić information content (AvgIpc) is 3.21. The van der Waals surface area contributed by atoms with Gasteiger partial charge >= 0.3 is 5.97 Å². The van der Waals surface area contributed by atoms with Crippen LogP contribution in [-0.2, 0) is 4.79 Å². The zero-order valence-corrected chi connectivity index (χ0v) is 31.0. The molecular weight excluding hydrogens is 768 g/mol. The highest BCUT2D eigenvalue weighted by Crippen LogP contribution is 2.40. The van der Waals surface area contributed by atoms with E-state index in [4.69, 9.17) is 9.47 Å². The van der Waals surface area contributed by atoms with Crippen LogP contribution in [0.4, 0.5) is 22.7 Å². The van der Waals surface area contributed by atoms with E-state index in [0.29, 0.717) is 11.3 Å². The minimum absolute atomic E-state index is 0.00941. The molecule has 300 valence electrons. The number of benzene rings is 5. The highest BCUT2D eigenvalue weighted by molar-refractivity contribution is 6.10. The second-order valence-corrected chi connectivity index (χ2v) is 12.3. The van der Waals surface area contributed by atoms with Gasteiger partial charge in [0.1, 0.15) is 17.4 Å². The van der Waals surface area contributed by atoms with E-state index in [1.807, 2.05) is 6.07 Å². The molecule has 18 nitrogen and oxygen atoms in total. The predicted octanol–water partition coefficient (Wildman–Crippen LogP) is 4.93. The zero-order valence-electron chi connectivity index (χ0n) is 31.0. The standard InChI is InChI=1S/C41H34N6O12/c1-58-34-29(17-15-27(32(34)49)39(54)46-30-18-16-28(41(56)57)33(50)35(30)59-2)45-37(52)21-5-11-25(12-6-21)44-40(55)31(19-20-42)47-38(53)22-3-9-24(10-4-22)43-36(51)23-7-13-26(48)14-8-23/h3-18,31,48-50H,19H2,1-2H3,(H,43,51)(H,44,55)(H,45,52)(H,46,54)(H,47,53)(H,56,57)/t31-/m0/s1. The van der Waals surface area contributed by atoms with Crippen LogP contribution in [0.25, 0.3) is 0 Å². The molecule has 0 saturated heterocycles. The fourth-order valence-electron chi connectivity index (χ4n) is 5.49. The summed E-state index contributed by atoms with van der Waals surface area (Å²) in [6.45, 7) is 0. The Bertz CT molecular complexity index is 2480. The number of carbonyl (C=O) groups is 6. The number of carbonyl (C=O) groups excluding carboxylic acids is 5. The van der Waals surface area contributed by atoms with Crippen molar-refractivity contribution in [2.75, 3.05) is 35.5 Å². The molecule has 0 bridgehead atoms. The maximum Gasteiger partial charge on any atom is 0.339 e. The maximum absolute atomic E-state index is 13.2. The minimum Gasteiger partial charge on any atom is -0.508 e. The molecule has 0 aliphatic carbocycles. The smallest absolute Gasteiger partial charge is 0.339 e. The number of anilines is 4. The van der Waals surface area contributed by atoms with E-state index < -0.39 is 58.6 Å². The Morgan fingerprint density at radius 1 is 0.576 bits per heavy atom. The lowest BCUT2D eigenvalue weighted by atomic mass is 10.1. The number of methoxy groups -OCH3 is 2. The molecule has 0 radical (unpaired) electrons. The van der Waals surface area contributed by atoms with Crippen LogP contribution in [0.3, 0.4) is 0 Å². The Morgan fingerprint density at radius 2 is 1.02 bits per heavy atom. The highest BCUT2D eigenvalue weighted by atomic mass is 16.5. The summed E-state index contributed by atoms with van der Waals surface area (Å²) in [5.41, 5.74) is 0.279. The molecule has 0 fully saturated rings. The lowest BCUT2D eigenvalue weighted by molar-refractivity contribution is -0.117. The maximum atomic E-state index is 13.2. The van der Waals surface area contributed by atoms with Crippen LogP contribution >= 0.6 is 0 Å². The van der Waals surface area contributed by atoms with Gasteiger partial charge in [0.2, 0.25) is 5.91 Å². The number of ether oxygens (including phenoxy) is 2. The van der Waals surface area contributed by atoms with Gasteiger partial charge in [-0.1, -0.05) is 0 Å². The Hall–Kier alpha value is -8.59. The van der Waals surface area contributed by atoms with Crippen molar-refractivity contribution in [3.05, 3.63) is 125 Å². The number of aromatic carboxylic acids is 1. The first-order valence-electron chi connectivity index (χ1n) is 17.2. The van der Waals surface area contributed by atoms with Crippen LogP contribution in [0, 0.1) is 11.3 Å². The number of rotatable bonds is 14. The third kappa shape index (κ3) is 9.81. The van der Waals surface area contributed by atoms with Gasteiger partial charge in [-0.15, -0.1) is 0 Å². The molecule has 0 unspecified atom stereocenters. The van der Waals surface area contributed by atoms with Gasteiger partial charge < -0.3 is 56.5 Å². The summed E-state index contributed by atoms with van der Waals surface area (Å²) in [7, 11) is 2.35. The molecule has 9 N–H and O–H groups in total. The number of carboxylic acid groups (broad SMARTS) is 1. The molecule has 5 aromatic rings. The fourth-order valence-corrected chi connectivity index (χ4v) is 5.49. The van der Waals surface area contributed by atoms with Crippen molar-refractivity contribution in [1.82, 2.24) is 5.32 Å². The predicted molar refractivity (Wildman–Crippen MR) is 211 cm³/mol. The normalized spacial score (nSPS) is 10.9. The van der Waals surface area contributed by atoms with Gasteiger partial charge in [-0.2, -0.15) is 5.26 Å². The number of nitriles is 1. The van der Waals surface area contributed by atoms with Crippen LogP contribution in [0.15, 0.2) is 97.1 Å². The van der Waals surface area contributed by atoms with E-state index in [1.165, 1.54) is 98.1 Å². The van der Waals surface area contributed by atoms with Gasteiger partial charge in [-0.05, 0) is 97.1 Å². The molecule has 5 rings (SSSR count). The van der Waals surface area contributed by atoms with Crippen molar-refractivity contribution >= 4 is 58.3 Å². The van der Waals surface area contributed by atoms with E-state index in [1.54, 1.807) is 0 Å². The molecule has 0 saturated carbocycles. The first-order valence-corrected chi connectivity index (χ1v) is 17.2. The molecule has 5 amide bonds. The molecule has 1 atom stereocenters. The summed E-state index contributed by atoms with van der Waals surface area (Å²) in [6, 6.07) is 22.3. The van der Waals surface area contributed by atoms with Gasteiger partial charge in [-0.25, -0.2) is 4.79 Å². The van der Waals surface area contributed by atoms with Crippen LogP contribution < -0.4 is 36.1 Å². The van der Waals surface area contributed by atoms with E-state index >= 15 is 0 Å². The molecular formula is C41H34N6O12. The third-order valence-corrected chi connectivity index (χ3v) is 8.51. The van der Waals surface area contributed by atoms with Crippen LogP contribution in [0.2, 0.25) is 0 Å². The van der Waals surface area contributed by atoms with Gasteiger partial charge in [0.15, 0.2) is 23.0 Å². The first-order chi connectivity index (χ1) is 28.2. The molecule has 0 aliphatic rings. The van der Waals surface area contributed by atoms with Gasteiger partial charge in [0, 0.05) is 28.1 Å². The molecule has 0 heterocycles. The zero-order chi connectivity index (χ0) is 42.8. The lowest BCUT2D eigenvalue weighted by Crippen LogP contribution is -2.43. The molecule has 0 aromatic heterocycles. The molecule has 18 heteroatoms. The fraction of sp³-hybridized carbons (Fsp3) is 0.0976. The Balaban J connectivity index is 1.19. The van der Waals surface area contributed by atoms with E-state index in [-0.39, 0.29) is 57.4 Å². The van der Waals surface area contributed by atoms with Gasteiger partial charge in [0.25, 0.3) is 23.6 Å². The summed E-state index contributed by atoms with van der Waals surface area (Å²) < 4.78 is 10.3. The van der Waals surface area contributed by atoms with E-state index in [9.17, 15) is 54.5 Å². The Labute approximate surface area is 334 Å². The topological polar surface area (TPSA) is 286 Å². The molecule has 5 aromatic carbocycles. The quantitative estimate of drug-likeness (QED) is 0.0721. The largest absolute Gasteiger partial charge is 0.508 e. The second kappa shape index (κ2) is 18.4. The van der Waals surface area contributed by atoms with Crippen molar-refractivity contribution in [1.29, 1.82) is 5.26 Å². The number of carboxylic acids is 1. The van der Waals surface area contributed by atoms with Crippen molar-refractivity contribution in [3.8, 4) is 34.8 Å². The lowest BCUT2D eigenvalue weighted by Gasteiger charge is -2.17. The Kier molecular flexibility index (Phi) is 12.9. The summed E-state index contributed by atoms with van der Waals surface area (Å²) in [5, 5.41) is 61.9. The number of aromatic hydroxyl groups is 3. The van der Waals surface area contributed by atoms with Gasteiger partial charge in [0.05, 0.1) is 43.6 Å². The number of hydrogen-bond donors (Lipinski definition) is 9. The van der Waals surface area contributed by atoms with Crippen LogP contribution in [0.5, 0.6) is 28.7 Å². The van der Waals surface area contributed by atoms with Crippen molar-refractivity contribution in [2.45, 2.75) is 12.5 Å². The Morgan fingerprint density at radius 3 is 1.53 bits per heavy atom. The first kappa shape index (κ1) is 41.6. The molecule has 0 aliphatic heterocycles. The van der Waals surface area contributed by atoms with E-state index in [0.717, 1.165) is 13.2 Å². The van der Waals surface area contributed by atoms with Crippen molar-refractivity contribution in [2.24, 2.45) is 0 Å². The number of phenols is 3. The summed E-state index contributed by atoms with van der Waals surface area (Å²) in [5.74, 6) is -6.77. The average molecular weight is 803 g/mol. The van der Waals surface area contributed by atoms with Gasteiger partial charge in [-0.3, -0.25) is 24.0 Å². The minimum atomic E-state index is -1.43. The monoisotopic (exact) mass is 802 g/mol. The van der Waals surface area contributed by atoms with Crippen molar-refractivity contribution < 1.29 is 58.7 Å². The van der Waals surface area contributed by atoms with Crippen molar-refractivity contribution in [3.63, 3.8) is 0 Å². The number of phenolic OH excluding ortho intramolecular Hbond substituents is 2. The highest BCUT2D eigenvalue weighted by Gasteiger charge is 2.25. The number of nitrogens with zero attached hydrogens (tertiary/aromatic N) is 1. The van der Waals surface area contributed by atoms with Crippen LogP contribution in [-0.4, -0.2) is 76.2 Å². The summed E-state index contributed by atoms with van der Waals surface area (Å²) in [6.07, 6.45) is -0.369. The summed E-state index contributed by atoms with van der Waals surface area (Å²) in [4.78, 5) is 76.1. The SMILES string of the molecule is COc1c(NC(=O)c2ccc(NC(=O)c3ccc(NC(=O)[C@H](CC#N)NC(=O)c4ccc(NC(=O)c5ccc(O)cc5)cc4)cc3)c(OC)c2O)ccc(C(=O)O)c1O. The number of hydrogen-bond acceptors (Lipinski definition) is 12. The number of amides is 5.